The van der Waals surface area contributed by atoms with Gasteiger partial charge in [0.25, 0.3) is 0 Å². The molecule has 2 heterocycles. The molecule has 2 aromatic rings. The van der Waals surface area contributed by atoms with Crippen molar-refractivity contribution in [1.29, 1.82) is 0 Å². The molecule has 0 amide bonds. The molecule has 0 radical (unpaired) electrons. The molecule has 2 aromatic carbocycles. The molecular formula is C21H26N2O4S. The number of ether oxygens (including phenoxy) is 2. The smallest absolute Gasteiger partial charge is 0.243 e. The Bertz CT molecular complexity index is 921. The topological polar surface area (TPSA) is 59.1 Å². The molecule has 0 spiro atoms. The van der Waals surface area contributed by atoms with Gasteiger partial charge in [-0.15, -0.1) is 0 Å². The van der Waals surface area contributed by atoms with E-state index < -0.39 is 10.0 Å². The summed E-state index contributed by atoms with van der Waals surface area (Å²) in [6.07, 6.45) is 0.963. The molecule has 0 saturated carbocycles. The highest BCUT2D eigenvalue weighted by Gasteiger charge is 2.36. The maximum absolute atomic E-state index is 13.2. The van der Waals surface area contributed by atoms with Crippen molar-refractivity contribution in [3.63, 3.8) is 0 Å². The van der Waals surface area contributed by atoms with Crippen molar-refractivity contribution in [1.82, 2.24) is 9.21 Å². The van der Waals surface area contributed by atoms with Crippen LogP contribution in [0.4, 0.5) is 0 Å². The van der Waals surface area contributed by atoms with Gasteiger partial charge >= 0.3 is 0 Å². The summed E-state index contributed by atoms with van der Waals surface area (Å²) in [6.45, 7) is 6.22. The van der Waals surface area contributed by atoms with Crippen LogP contribution in [0, 0.1) is 0 Å². The number of hydrogen-bond donors (Lipinski definition) is 0. The molecular weight excluding hydrogens is 376 g/mol. The standard InChI is InChI=1S/C21H26N2O4S/c1-16-13-22(14-17(2)23(16)11-10-18-6-4-3-5-7-18)28(24,25)19-8-9-20-21(12-19)27-15-26-20/h3-9,12,16-17H,10-11,13-15H2,1-2H3. The number of benzene rings is 2. The number of fused-ring (bicyclic) bond motifs is 1. The second-order valence-corrected chi connectivity index (χ2v) is 9.45. The minimum atomic E-state index is -3.57. The Labute approximate surface area is 166 Å². The summed E-state index contributed by atoms with van der Waals surface area (Å²) in [5, 5.41) is 0. The Hall–Kier alpha value is -2.09. The number of hydrogen-bond acceptors (Lipinski definition) is 5. The van der Waals surface area contributed by atoms with Gasteiger partial charge in [-0.2, -0.15) is 4.31 Å². The van der Waals surface area contributed by atoms with Crippen LogP contribution in [0.1, 0.15) is 19.4 Å². The van der Waals surface area contributed by atoms with Gasteiger partial charge in [0.15, 0.2) is 11.5 Å². The Morgan fingerprint density at radius 2 is 1.64 bits per heavy atom. The zero-order chi connectivity index (χ0) is 19.7. The predicted octanol–water partition coefficient (Wildman–Crippen LogP) is 2.74. The van der Waals surface area contributed by atoms with Gasteiger partial charge < -0.3 is 9.47 Å². The van der Waals surface area contributed by atoms with E-state index >= 15 is 0 Å². The first-order valence-corrected chi connectivity index (χ1v) is 11.1. The van der Waals surface area contributed by atoms with E-state index in [1.807, 2.05) is 6.07 Å². The predicted molar refractivity (Wildman–Crippen MR) is 107 cm³/mol. The summed E-state index contributed by atoms with van der Waals surface area (Å²) in [6, 6.07) is 15.5. The molecule has 4 rings (SSSR count). The highest BCUT2D eigenvalue weighted by Crippen LogP contribution is 2.35. The van der Waals surface area contributed by atoms with E-state index in [1.54, 1.807) is 22.5 Å². The highest BCUT2D eigenvalue weighted by molar-refractivity contribution is 7.89. The molecule has 6 nitrogen and oxygen atoms in total. The van der Waals surface area contributed by atoms with Gasteiger partial charge in [-0.25, -0.2) is 8.42 Å². The second-order valence-electron chi connectivity index (χ2n) is 7.51. The Kier molecular flexibility index (Phi) is 5.31. The van der Waals surface area contributed by atoms with Crippen LogP contribution in [-0.2, 0) is 16.4 Å². The van der Waals surface area contributed by atoms with Crippen LogP contribution in [0.15, 0.2) is 53.4 Å². The van der Waals surface area contributed by atoms with Crippen molar-refractivity contribution in [3.8, 4) is 11.5 Å². The van der Waals surface area contributed by atoms with Crippen LogP contribution in [0.3, 0.4) is 0 Å². The lowest BCUT2D eigenvalue weighted by atomic mass is 10.1. The van der Waals surface area contributed by atoms with Crippen molar-refractivity contribution >= 4 is 10.0 Å². The third-order valence-electron chi connectivity index (χ3n) is 5.55. The molecule has 2 atom stereocenters. The number of sulfonamides is 1. The third-order valence-corrected chi connectivity index (χ3v) is 7.38. The molecule has 2 unspecified atom stereocenters. The molecule has 0 bridgehead atoms. The molecule has 2 aliphatic rings. The summed E-state index contributed by atoms with van der Waals surface area (Å²) >= 11 is 0. The summed E-state index contributed by atoms with van der Waals surface area (Å²) in [5.41, 5.74) is 1.30. The van der Waals surface area contributed by atoms with Gasteiger partial charge in [0, 0.05) is 37.8 Å². The van der Waals surface area contributed by atoms with Crippen LogP contribution < -0.4 is 9.47 Å². The molecule has 2 aliphatic heterocycles. The van der Waals surface area contributed by atoms with E-state index in [-0.39, 0.29) is 23.8 Å². The molecule has 28 heavy (non-hydrogen) atoms. The second kappa shape index (κ2) is 7.73. The van der Waals surface area contributed by atoms with Crippen LogP contribution in [-0.4, -0.2) is 56.1 Å². The fourth-order valence-electron chi connectivity index (χ4n) is 4.03. The van der Waals surface area contributed by atoms with Crippen molar-refractivity contribution in [3.05, 3.63) is 54.1 Å². The summed E-state index contributed by atoms with van der Waals surface area (Å²) < 4.78 is 38.6. The average molecular weight is 403 g/mol. The van der Waals surface area contributed by atoms with Gasteiger partial charge in [0.1, 0.15) is 0 Å². The highest BCUT2D eigenvalue weighted by atomic mass is 32.2. The lowest BCUT2D eigenvalue weighted by molar-refractivity contribution is 0.0784. The third kappa shape index (κ3) is 3.74. The lowest BCUT2D eigenvalue weighted by Crippen LogP contribution is -2.58. The quantitative estimate of drug-likeness (QED) is 0.770. The summed E-state index contributed by atoms with van der Waals surface area (Å²) in [4.78, 5) is 2.66. The largest absolute Gasteiger partial charge is 0.454 e. The monoisotopic (exact) mass is 402 g/mol. The average Bonchev–Trinajstić information content (AvgIpc) is 3.16. The van der Waals surface area contributed by atoms with Gasteiger partial charge in [-0.3, -0.25) is 4.90 Å². The molecule has 150 valence electrons. The lowest BCUT2D eigenvalue weighted by Gasteiger charge is -2.43. The van der Waals surface area contributed by atoms with Crippen molar-refractivity contribution < 1.29 is 17.9 Å². The molecule has 1 saturated heterocycles. The van der Waals surface area contributed by atoms with Gasteiger partial charge in [-0.05, 0) is 38.0 Å². The van der Waals surface area contributed by atoms with E-state index in [4.69, 9.17) is 9.47 Å². The molecule has 0 aliphatic carbocycles. The molecule has 0 aromatic heterocycles. The van der Waals surface area contributed by atoms with Crippen molar-refractivity contribution in [2.45, 2.75) is 37.2 Å². The maximum atomic E-state index is 13.2. The zero-order valence-corrected chi connectivity index (χ0v) is 17.1. The first kappa shape index (κ1) is 19.2. The number of rotatable bonds is 5. The Balaban J connectivity index is 1.46. The minimum Gasteiger partial charge on any atom is -0.454 e. The normalized spacial score (nSPS) is 23.1. The van der Waals surface area contributed by atoms with Gasteiger partial charge in [0.05, 0.1) is 4.90 Å². The van der Waals surface area contributed by atoms with Crippen molar-refractivity contribution in [2.75, 3.05) is 26.4 Å². The zero-order valence-electron chi connectivity index (χ0n) is 16.2. The fraction of sp³-hybridized carbons (Fsp3) is 0.429. The van der Waals surface area contributed by atoms with Crippen LogP contribution >= 0.6 is 0 Å². The van der Waals surface area contributed by atoms with Gasteiger partial charge in [0.2, 0.25) is 16.8 Å². The van der Waals surface area contributed by atoms with Crippen molar-refractivity contribution in [2.24, 2.45) is 0 Å². The van der Waals surface area contributed by atoms with E-state index in [0.717, 1.165) is 13.0 Å². The molecule has 0 N–H and O–H groups in total. The van der Waals surface area contributed by atoms with E-state index in [0.29, 0.717) is 24.6 Å². The van der Waals surface area contributed by atoms with Crippen LogP contribution in [0.2, 0.25) is 0 Å². The first-order valence-electron chi connectivity index (χ1n) is 9.64. The minimum absolute atomic E-state index is 0.132. The Morgan fingerprint density at radius 1 is 0.964 bits per heavy atom. The number of nitrogens with zero attached hydrogens (tertiary/aromatic N) is 2. The Morgan fingerprint density at radius 3 is 2.36 bits per heavy atom. The number of piperazine rings is 1. The van der Waals surface area contributed by atoms with E-state index in [2.05, 4.69) is 43.0 Å². The first-order chi connectivity index (χ1) is 13.4. The van der Waals surface area contributed by atoms with Gasteiger partial charge in [-0.1, -0.05) is 30.3 Å². The van der Waals surface area contributed by atoms with E-state index in [1.165, 1.54) is 5.56 Å². The summed E-state index contributed by atoms with van der Waals surface area (Å²) in [7, 11) is -3.57. The van der Waals surface area contributed by atoms with E-state index in [9.17, 15) is 8.42 Å². The molecule has 1 fully saturated rings. The maximum Gasteiger partial charge on any atom is 0.243 e. The summed E-state index contributed by atoms with van der Waals surface area (Å²) in [5.74, 6) is 1.08. The van der Waals surface area contributed by atoms with Crippen LogP contribution in [0.25, 0.3) is 0 Å². The van der Waals surface area contributed by atoms with Crippen LogP contribution in [0.5, 0.6) is 11.5 Å². The SMILES string of the molecule is CC1CN(S(=O)(=O)c2ccc3c(c2)OCO3)CC(C)N1CCc1ccccc1. The fourth-order valence-corrected chi connectivity index (χ4v) is 5.65. The molecule has 7 heteroatoms.